The molecule has 6 nitrogen and oxygen atoms in total. The van der Waals surface area contributed by atoms with Crippen LogP contribution in [0.1, 0.15) is 29.3 Å². The van der Waals surface area contributed by atoms with Crippen LogP contribution in [0.25, 0.3) is 0 Å². The van der Waals surface area contributed by atoms with Crippen molar-refractivity contribution < 1.29 is 19.5 Å². The summed E-state index contributed by atoms with van der Waals surface area (Å²) in [6.45, 7) is 1.77. The van der Waals surface area contributed by atoms with Crippen molar-refractivity contribution in [3.05, 3.63) is 35.4 Å². The zero-order valence-electron chi connectivity index (χ0n) is 9.69. The van der Waals surface area contributed by atoms with E-state index in [-0.39, 0.29) is 5.56 Å². The summed E-state index contributed by atoms with van der Waals surface area (Å²) in [6.07, 6.45) is 0.386. The van der Waals surface area contributed by atoms with Crippen LogP contribution in [-0.2, 0) is 10.3 Å². The van der Waals surface area contributed by atoms with Crippen LogP contribution < -0.4 is 10.6 Å². The first-order valence-corrected chi connectivity index (χ1v) is 5.47. The summed E-state index contributed by atoms with van der Waals surface area (Å²) in [7, 11) is 0. The lowest BCUT2D eigenvalue weighted by molar-refractivity contribution is -0.124. The summed E-state index contributed by atoms with van der Waals surface area (Å²) in [5.74, 6) is -1.45. The van der Waals surface area contributed by atoms with Gasteiger partial charge < -0.3 is 10.4 Å². The van der Waals surface area contributed by atoms with E-state index in [4.69, 9.17) is 5.11 Å². The summed E-state index contributed by atoms with van der Waals surface area (Å²) in [6, 6.07) is 5.36. The smallest absolute Gasteiger partial charge is 0.335 e. The highest BCUT2D eigenvalue weighted by Crippen LogP contribution is 2.28. The maximum atomic E-state index is 11.8. The van der Waals surface area contributed by atoms with Crippen LogP contribution in [0.5, 0.6) is 0 Å². The number of carbonyl (C=O) groups is 3. The van der Waals surface area contributed by atoms with E-state index in [9.17, 15) is 14.4 Å². The maximum absolute atomic E-state index is 11.8. The van der Waals surface area contributed by atoms with Crippen LogP contribution in [0.15, 0.2) is 24.3 Å². The van der Waals surface area contributed by atoms with E-state index in [1.54, 1.807) is 6.92 Å². The number of carboxylic acids is 1. The Morgan fingerprint density at radius 2 is 1.89 bits per heavy atom. The normalized spacial score (nSPS) is 22.5. The molecule has 0 aliphatic carbocycles. The van der Waals surface area contributed by atoms with E-state index < -0.39 is 23.4 Å². The second-order valence-electron chi connectivity index (χ2n) is 4.05. The third-order valence-electron chi connectivity index (χ3n) is 3.10. The minimum absolute atomic E-state index is 0.134. The highest BCUT2D eigenvalue weighted by atomic mass is 16.4. The number of benzene rings is 1. The average Bonchev–Trinajstić information content (AvgIpc) is 2.65. The molecule has 3 amide bonds. The molecule has 0 saturated carbocycles. The van der Waals surface area contributed by atoms with E-state index in [0.29, 0.717) is 12.0 Å². The van der Waals surface area contributed by atoms with Gasteiger partial charge in [-0.3, -0.25) is 10.1 Å². The number of aromatic carboxylic acids is 1. The van der Waals surface area contributed by atoms with Gasteiger partial charge in [-0.25, -0.2) is 9.59 Å². The molecule has 0 aromatic heterocycles. The number of urea groups is 1. The van der Waals surface area contributed by atoms with Crippen LogP contribution >= 0.6 is 0 Å². The van der Waals surface area contributed by atoms with Gasteiger partial charge in [-0.05, 0) is 24.1 Å². The van der Waals surface area contributed by atoms with Gasteiger partial charge in [0.1, 0.15) is 5.54 Å². The van der Waals surface area contributed by atoms with Gasteiger partial charge in [0.15, 0.2) is 0 Å². The Morgan fingerprint density at radius 1 is 1.28 bits per heavy atom. The standard InChI is InChI=1S/C12H12N2O4/c1-2-12(10(17)13-11(18)14-12)8-5-3-7(4-6-8)9(15)16/h3-6H,2H2,1H3,(H,15,16)(H2,13,14,17,18)/t12-/m1/s1. The summed E-state index contributed by atoms with van der Waals surface area (Å²) >= 11 is 0. The van der Waals surface area contributed by atoms with Gasteiger partial charge in [-0.1, -0.05) is 19.1 Å². The van der Waals surface area contributed by atoms with Crippen LogP contribution in [0.2, 0.25) is 0 Å². The van der Waals surface area contributed by atoms with Crippen molar-refractivity contribution in [1.29, 1.82) is 0 Å². The SMILES string of the molecule is CC[C@]1(c2ccc(C(=O)O)cc2)NC(=O)NC1=O. The molecular formula is C12H12N2O4. The molecule has 0 unspecified atom stereocenters. The number of carbonyl (C=O) groups excluding carboxylic acids is 2. The Labute approximate surface area is 103 Å². The molecule has 2 rings (SSSR count). The Hall–Kier alpha value is -2.37. The molecule has 0 radical (unpaired) electrons. The first kappa shape index (κ1) is 12.1. The molecule has 1 fully saturated rings. The van der Waals surface area contributed by atoms with Crippen molar-refractivity contribution in [1.82, 2.24) is 10.6 Å². The Morgan fingerprint density at radius 3 is 2.28 bits per heavy atom. The molecule has 18 heavy (non-hydrogen) atoms. The highest BCUT2D eigenvalue weighted by Gasteiger charge is 2.46. The van der Waals surface area contributed by atoms with Crippen molar-refractivity contribution >= 4 is 17.9 Å². The molecule has 1 aliphatic rings. The fourth-order valence-corrected chi connectivity index (χ4v) is 2.05. The van der Waals surface area contributed by atoms with Gasteiger partial charge in [0, 0.05) is 0 Å². The zero-order chi connectivity index (χ0) is 13.3. The minimum atomic E-state index is -1.10. The van der Waals surface area contributed by atoms with Gasteiger partial charge >= 0.3 is 12.0 Å². The van der Waals surface area contributed by atoms with Gasteiger partial charge in [0.2, 0.25) is 0 Å². The fourth-order valence-electron chi connectivity index (χ4n) is 2.05. The molecule has 1 heterocycles. The van der Waals surface area contributed by atoms with E-state index in [1.165, 1.54) is 24.3 Å². The minimum Gasteiger partial charge on any atom is -0.478 e. The van der Waals surface area contributed by atoms with E-state index in [0.717, 1.165) is 0 Å². The summed E-state index contributed by atoms with van der Waals surface area (Å²) in [4.78, 5) is 33.8. The first-order chi connectivity index (χ1) is 8.49. The maximum Gasteiger partial charge on any atom is 0.335 e. The second kappa shape index (κ2) is 4.14. The van der Waals surface area contributed by atoms with Crippen molar-refractivity contribution in [3.8, 4) is 0 Å². The van der Waals surface area contributed by atoms with Gasteiger partial charge in [0.25, 0.3) is 5.91 Å². The van der Waals surface area contributed by atoms with Crippen LogP contribution in [0.4, 0.5) is 4.79 Å². The Balaban J connectivity index is 2.42. The molecular weight excluding hydrogens is 236 g/mol. The van der Waals surface area contributed by atoms with Crippen molar-refractivity contribution in [2.45, 2.75) is 18.9 Å². The van der Waals surface area contributed by atoms with Gasteiger partial charge in [-0.15, -0.1) is 0 Å². The van der Waals surface area contributed by atoms with Gasteiger partial charge in [0.05, 0.1) is 5.56 Å². The number of hydrogen-bond donors (Lipinski definition) is 3. The molecule has 6 heteroatoms. The molecule has 94 valence electrons. The largest absolute Gasteiger partial charge is 0.478 e. The monoisotopic (exact) mass is 248 g/mol. The van der Waals surface area contributed by atoms with Crippen molar-refractivity contribution in [2.75, 3.05) is 0 Å². The first-order valence-electron chi connectivity index (χ1n) is 5.47. The predicted octanol–water partition coefficient (Wildman–Crippen LogP) is 0.829. The highest BCUT2D eigenvalue weighted by molar-refractivity contribution is 6.07. The molecule has 1 saturated heterocycles. The zero-order valence-corrected chi connectivity index (χ0v) is 9.69. The molecule has 1 aromatic rings. The molecule has 1 atom stereocenters. The summed E-state index contributed by atoms with van der Waals surface area (Å²) < 4.78 is 0. The summed E-state index contributed by atoms with van der Waals surface area (Å²) in [5, 5.41) is 13.6. The molecule has 3 N–H and O–H groups in total. The number of imide groups is 1. The summed E-state index contributed by atoms with van der Waals surface area (Å²) in [5.41, 5.74) is -0.401. The lowest BCUT2D eigenvalue weighted by Crippen LogP contribution is -2.43. The second-order valence-corrected chi connectivity index (χ2v) is 4.05. The number of nitrogens with one attached hydrogen (secondary N) is 2. The Bertz CT molecular complexity index is 523. The molecule has 0 spiro atoms. The number of rotatable bonds is 3. The molecule has 1 aliphatic heterocycles. The number of carboxylic acid groups (broad SMARTS) is 1. The van der Waals surface area contributed by atoms with E-state index >= 15 is 0 Å². The third kappa shape index (κ3) is 1.71. The lowest BCUT2D eigenvalue weighted by atomic mass is 9.87. The van der Waals surface area contributed by atoms with Crippen LogP contribution in [0.3, 0.4) is 0 Å². The molecule has 0 bridgehead atoms. The van der Waals surface area contributed by atoms with Crippen LogP contribution in [0, 0.1) is 0 Å². The number of amides is 3. The third-order valence-corrected chi connectivity index (χ3v) is 3.10. The topological polar surface area (TPSA) is 95.5 Å². The van der Waals surface area contributed by atoms with Crippen molar-refractivity contribution in [3.63, 3.8) is 0 Å². The fraction of sp³-hybridized carbons (Fsp3) is 0.250. The Kier molecular flexibility index (Phi) is 2.78. The van der Waals surface area contributed by atoms with Crippen LogP contribution in [-0.4, -0.2) is 23.0 Å². The molecule has 1 aromatic carbocycles. The van der Waals surface area contributed by atoms with E-state index in [1.807, 2.05) is 0 Å². The van der Waals surface area contributed by atoms with Gasteiger partial charge in [-0.2, -0.15) is 0 Å². The average molecular weight is 248 g/mol. The van der Waals surface area contributed by atoms with Crippen molar-refractivity contribution in [2.24, 2.45) is 0 Å². The predicted molar refractivity (Wildman–Crippen MR) is 62.0 cm³/mol. The van der Waals surface area contributed by atoms with E-state index in [2.05, 4.69) is 10.6 Å². The quantitative estimate of drug-likeness (QED) is 0.690. The lowest BCUT2D eigenvalue weighted by Gasteiger charge is -2.24. The number of hydrogen-bond acceptors (Lipinski definition) is 3.